The SMILES string of the molecule is O=C(Cl)NSc1ccc([N+](=O)[O-])cc1F. The summed E-state index contributed by atoms with van der Waals surface area (Å²) in [6.07, 6.45) is 0. The fraction of sp³-hybridized carbons (Fsp3) is 0. The quantitative estimate of drug-likeness (QED) is 0.294. The van der Waals surface area contributed by atoms with Crippen LogP contribution in [0.15, 0.2) is 23.1 Å². The van der Waals surface area contributed by atoms with Crippen LogP contribution >= 0.6 is 23.5 Å². The number of nitrogens with zero attached hydrogens (tertiary/aromatic N) is 1. The third-order valence-corrected chi connectivity index (χ3v) is 2.41. The Kier molecular flexibility index (Phi) is 3.87. The van der Waals surface area contributed by atoms with Crippen molar-refractivity contribution >= 4 is 34.6 Å². The van der Waals surface area contributed by atoms with Gasteiger partial charge in [0, 0.05) is 6.07 Å². The second-order valence-corrected chi connectivity index (χ2v) is 3.54. The van der Waals surface area contributed by atoms with Crippen molar-refractivity contribution in [3.63, 3.8) is 0 Å². The molecule has 15 heavy (non-hydrogen) atoms. The maximum absolute atomic E-state index is 13.1. The number of amides is 1. The fourth-order valence-corrected chi connectivity index (χ4v) is 1.38. The Morgan fingerprint density at radius 1 is 1.60 bits per heavy atom. The van der Waals surface area contributed by atoms with Crippen LogP contribution in [0.5, 0.6) is 0 Å². The lowest BCUT2D eigenvalue weighted by Gasteiger charge is -2.01. The summed E-state index contributed by atoms with van der Waals surface area (Å²) >= 11 is 5.61. The molecule has 0 aliphatic heterocycles. The van der Waals surface area contributed by atoms with Gasteiger partial charge in [-0.2, -0.15) is 0 Å². The number of nitro groups is 1. The van der Waals surface area contributed by atoms with E-state index in [1.54, 1.807) is 0 Å². The van der Waals surface area contributed by atoms with Crippen LogP contribution in [-0.2, 0) is 0 Å². The molecule has 1 aromatic rings. The first-order chi connectivity index (χ1) is 7.00. The van der Waals surface area contributed by atoms with Crippen LogP contribution in [0, 0.1) is 15.9 Å². The Morgan fingerprint density at radius 3 is 2.73 bits per heavy atom. The van der Waals surface area contributed by atoms with Gasteiger partial charge in [-0.3, -0.25) is 19.6 Å². The number of nitrogens with one attached hydrogen (secondary N) is 1. The summed E-state index contributed by atoms with van der Waals surface area (Å²) in [5.41, 5.74) is -0.353. The molecule has 0 spiro atoms. The molecule has 1 amide bonds. The van der Waals surface area contributed by atoms with Gasteiger partial charge >= 0.3 is 5.37 Å². The summed E-state index contributed by atoms with van der Waals surface area (Å²) < 4.78 is 15.2. The van der Waals surface area contributed by atoms with E-state index in [0.717, 1.165) is 12.1 Å². The standard InChI is InChI=1S/C7H4ClFN2O3S/c8-7(12)10-15-6-2-1-4(11(13)14)3-5(6)9/h1-3H,(H,10,12). The highest BCUT2D eigenvalue weighted by Gasteiger charge is 2.11. The Hall–Kier alpha value is -1.34. The lowest BCUT2D eigenvalue weighted by Crippen LogP contribution is -2.05. The fourth-order valence-electron chi connectivity index (χ4n) is 0.781. The minimum absolute atomic E-state index is 0.0506. The van der Waals surface area contributed by atoms with Crippen LogP contribution in [0.4, 0.5) is 14.9 Å². The van der Waals surface area contributed by atoms with E-state index in [-0.39, 0.29) is 10.6 Å². The highest BCUT2D eigenvalue weighted by molar-refractivity contribution is 7.98. The highest BCUT2D eigenvalue weighted by atomic mass is 35.5. The zero-order chi connectivity index (χ0) is 11.4. The average Bonchev–Trinajstić information content (AvgIpc) is 2.15. The number of benzene rings is 1. The van der Waals surface area contributed by atoms with Gasteiger partial charge in [0.05, 0.1) is 15.9 Å². The van der Waals surface area contributed by atoms with Crippen molar-refractivity contribution in [1.82, 2.24) is 4.72 Å². The van der Waals surface area contributed by atoms with Crippen molar-refractivity contribution in [3.8, 4) is 0 Å². The lowest BCUT2D eigenvalue weighted by atomic mass is 10.3. The number of carbonyl (C=O) groups is 1. The lowest BCUT2D eigenvalue weighted by molar-refractivity contribution is -0.385. The van der Waals surface area contributed by atoms with Crippen LogP contribution in [0.3, 0.4) is 0 Å². The molecule has 0 heterocycles. The molecule has 0 aromatic heterocycles. The molecule has 1 rings (SSSR count). The Morgan fingerprint density at radius 2 is 2.27 bits per heavy atom. The third-order valence-electron chi connectivity index (χ3n) is 1.37. The summed E-state index contributed by atoms with van der Waals surface area (Å²) in [6.45, 7) is 0. The summed E-state index contributed by atoms with van der Waals surface area (Å²) in [7, 11) is 0. The molecule has 8 heteroatoms. The van der Waals surface area contributed by atoms with Gasteiger partial charge in [0.2, 0.25) is 0 Å². The van der Waals surface area contributed by atoms with E-state index < -0.39 is 16.1 Å². The Balaban J connectivity index is 2.83. The Labute approximate surface area is 92.9 Å². The number of non-ortho nitro benzene ring substituents is 1. The maximum atomic E-state index is 13.1. The van der Waals surface area contributed by atoms with Crippen molar-refractivity contribution in [2.24, 2.45) is 0 Å². The molecule has 0 radical (unpaired) electrons. The number of hydrogen-bond acceptors (Lipinski definition) is 4. The molecule has 0 atom stereocenters. The van der Waals surface area contributed by atoms with E-state index >= 15 is 0 Å². The van der Waals surface area contributed by atoms with Gasteiger partial charge in [-0.05, 0) is 29.6 Å². The molecule has 80 valence electrons. The first-order valence-corrected chi connectivity index (χ1v) is 4.76. The van der Waals surface area contributed by atoms with Gasteiger partial charge in [0.1, 0.15) is 5.82 Å². The topological polar surface area (TPSA) is 72.2 Å². The van der Waals surface area contributed by atoms with Crippen LogP contribution < -0.4 is 4.72 Å². The second kappa shape index (κ2) is 4.94. The zero-order valence-electron chi connectivity index (χ0n) is 7.07. The Bertz CT molecular complexity index is 415. The van der Waals surface area contributed by atoms with Crippen LogP contribution in [0.2, 0.25) is 0 Å². The number of nitro benzene ring substituents is 1. The second-order valence-electron chi connectivity index (χ2n) is 2.35. The largest absolute Gasteiger partial charge is 0.323 e. The highest BCUT2D eigenvalue weighted by Crippen LogP contribution is 2.23. The van der Waals surface area contributed by atoms with E-state index in [9.17, 15) is 19.3 Å². The molecule has 0 bridgehead atoms. The zero-order valence-corrected chi connectivity index (χ0v) is 8.64. The predicted octanol–water partition coefficient (Wildman–Crippen LogP) is 2.69. The first-order valence-electron chi connectivity index (χ1n) is 3.57. The van der Waals surface area contributed by atoms with E-state index in [2.05, 4.69) is 4.72 Å². The first kappa shape index (κ1) is 11.7. The third kappa shape index (κ3) is 3.37. The normalized spacial score (nSPS) is 9.73. The summed E-state index contributed by atoms with van der Waals surface area (Å²) in [5, 5.41) is 9.42. The molecular formula is C7H4ClFN2O3S. The number of hydrogen-bond donors (Lipinski definition) is 1. The van der Waals surface area contributed by atoms with Gasteiger partial charge < -0.3 is 0 Å². The molecule has 0 saturated heterocycles. The van der Waals surface area contributed by atoms with Gasteiger partial charge in [0.25, 0.3) is 5.69 Å². The molecule has 0 unspecified atom stereocenters. The van der Waals surface area contributed by atoms with Crippen molar-refractivity contribution in [3.05, 3.63) is 34.1 Å². The molecule has 0 aliphatic carbocycles. The van der Waals surface area contributed by atoms with E-state index in [4.69, 9.17) is 11.6 Å². The number of halogens is 2. The van der Waals surface area contributed by atoms with E-state index in [0.29, 0.717) is 11.9 Å². The maximum Gasteiger partial charge on any atom is 0.323 e. The average molecular weight is 251 g/mol. The minimum Gasteiger partial charge on any atom is -0.282 e. The van der Waals surface area contributed by atoms with Crippen molar-refractivity contribution in [2.75, 3.05) is 0 Å². The van der Waals surface area contributed by atoms with Crippen molar-refractivity contribution in [2.45, 2.75) is 4.90 Å². The molecule has 0 fully saturated rings. The van der Waals surface area contributed by atoms with Crippen LogP contribution in [0.25, 0.3) is 0 Å². The van der Waals surface area contributed by atoms with Crippen molar-refractivity contribution in [1.29, 1.82) is 0 Å². The van der Waals surface area contributed by atoms with Gasteiger partial charge in [0.15, 0.2) is 0 Å². The molecule has 1 aromatic carbocycles. The molecule has 0 aliphatic rings. The molecule has 0 saturated carbocycles. The van der Waals surface area contributed by atoms with Gasteiger partial charge in [-0.15, -0.1) is 0 Å². The molecular weight excluding hydrogens is 247 g/mol. The summed E-state index contributed by atoms with van der Waals surface area (Å²) in [5.74, 6) is -0.792. The summed E-state index contributed by atoms with van der Waals surface area (Å²) in [4.78, 5) is 19.9. The van der Waals surface area contributed by atoms with Gasteiger partial charge in [-0.1, -0.05) is 0 Å². The summed E-state index contributed by atoms with van der Waals surface area (Å²) in [6, 6.07) is 3.08. The monoisotopic (exact) mass is 250 g/mol. The predicted molar refractivity (Wildman–Crippen MR) is 53.3 cm³/mol. The van der Waals surface area contributed by atoms with E-state index in [1.807, 2.05) is 0 Å². The van der Waals surface area contributed by atoms with E-state index in [1.165, 1.54) is 6.07 Å². The van der Waals surface area contributed by atoms with Crippen LogP contribution in [-0.4, -0.2) is 10.3 Å². The minimum atomic E-state index is -0.849. The smallest absolute Gasteiger partial charge is 0.282 e. The van der Waals surface area contributed by atoms with Gasteiger partial charge in [-0.25, -0.2) is 4.39 Å². The molecule has 1 N–H and O–H groups in total. The molecule has 5 nitrogen and oxygen atoms in total. The van der Waals surface area contributed by atoms with Crippen molar-refractivity contribution < 1.29 is 14.1 Å². The number of carbonyl (C=O) groups excluding carboxylic acids is 1. The van der Waals surface area contributed by atoms with Crippen LogP contribution in [0.1, 0.15) is 0 Å². The number of rotatable bonds is 3.